The van der Waals surface area contributed by atoms with Crippen molar-refractivity contribution >= 4 is 17.5 Å². The van der Waals surface area contributed by atoms with Gasteiger partial charge in [0.15, 0.2) is 6.10 Å². The quantitative estimate of drug-likeness (QED) is 0.770. The number of nitrogens with one attached hydrogen (secondary N) is 2. The summed E-state index contributed by atoms with van der Waals surface area (Å²) in [6.07, 6.45) is 1.33. The van der Waals surface area contributed by atoms with Gasteiger partial charge in [-0.1, -0.05) is 30.3 Å². The molecule has 148 valence electrons. The zero-order chi connectivity index (χ0) is 19.9. The number of aryl methyl sites for hydroxylation is 1. The molecule has 1 saturated heterocycles. The van der Waals surface area contributed by atoms with Crippen LogP contribution in [-0.2, 0) is 9.53 Å². The predicted molar refractivity (Wildman–Crippen MR) is 108 cm³/mol. The normalized spacial score (nSPS) is 17.0. The monoisotopic (exact) mass is 382 g/mol. The van der Waals surface area contributed by atoms with E-state index in [4.69, 9.17) is 9.47 Å². The maximum absolute atomic E-state index is 12.6. The van der Waals surface area contributed by atoms with Crippen LogP contribution in [-0.4, -0.2) is 37.2 Å². The lowest BCUT2D eigenvalue weighted by Gasteiger charge is -2.18. The van der Waals surface area contributed by atoms with Gasteiger partial charge in [-0.2, -0.15) is 0 Å². The molecule has 0 aromatic heterocycles. The fourth-order valence-corrected chi connectivity index (χ4v) is 3.06. The molecule has 0 radical (unpaired) electrons. The van der Waals surface area contributed by atoms with Crippen LogP contribution in [0.1, 0.15) is 35.7 Å². The standard InChI is InChI=1S/C22H26N2O4/c1-15-8-3-6-12-20(15)28-16(2)21(25)24-19-11-5-4-10-18(19)22(26)23-14-17-9-7-13-27-17/h3-6,8,10-12,16-17H,7,9,13-14H2,1-2H3,(H,23,26)(H,24,25)/t16-,17+/m0/s1. The van der Waals surface area contributed by atoms with Gasteiger partial charge >= 0.3 is 0 Å². The van der Waals surface area contributed by atoms with Crippen LogP contribution in [0.4, 0.5) is 5.69 Å². The highest BCUT2D eigenvalue weighted by molar-refractivity contribution is 6.04. The first kappa shape index (κ1) is 19.9. The molecule has 6 heteroatoms. The zero-order valence-electron chi connectivity index (χ0n) is 16.2. The summed E-state index contributed by atoms with van der Waals surface area (Å²) in [6, 6.07) is 14.5. The molecule has 2 aromatic rings. The van der Waals surface area contributed by atoms with Crippen LogP contribution in [0.3, 0.4) is 0 Å². The van der Waals surface area contributed by atoms with Crippen molar-refractivity contribution in [2.24, 2.45) is 0 Å². The van der Waals surface area contributed by atoms with Crippen LogP contribution in [0.5, 0.6) is 5.75 Å². The fourth-order valence-electron chi connectivity index (χ4n) is 3.06. The van der Waals surface area contributed by atoms with Crippen molar-refractivity contribution < 1.29 is 19.1 Å². The molecule has 1 heterocycles. The number of amides is 2. The van der Waals surface area contributed by atoms with Gasteiger partial charge in [-0.3, -0.25) is 9.59 Å². The molecule has 0 saturated carbocycles. The number of hydrogen-bond acceptors (Lipinski definition) is 4. The molecule has 3 rings (SSSR count). The lowest BCUT2D eigenvalue weighted by atomic mass is 10.1. The van der Waals surface area contributed by atoms with Crippen LogP contribution in [0.15, 0.2) is 48.5 Å². The summed E-state index contributed by atoms with van der Waals surface area (Å²) in [5, 5.41) is 5.69. The molecule has 1 aliphatic heterocycles. The lowest BCUT2D eigenvalue weighted by Crippen LogP contribution is -2.34. The number of carbonyl (C=O) groups excluding carboxylic acids is 2. The van der Waals surface area contributed by atoms with E-state index < -0.39 is 6.10 Å². The number of carbonyl (C=O) groups is 2. The van der Waals surface area contributed by atoms with E-state index in [9.17, 15) is 9.59 Å². The largest absolute Gasteiger partial charge is 0.481 e. The summed E-state index contributed by atoms with van der Waals surface area (Å²) in [5.74, 6) is 0.106. The number of anilines is 1. The van der Waals surface area contributed by atoms with E-state index in [1.54, 1.807) is 31.2 Å². The number of rotatable bonds is 7. The highest BCUT2D eigenvalue weighted by Gasteiger charge is 2.20. The summed E-state index contributed by atoms with van der Waals surface area (Å²) in [4.78, 5) is 25.1. The lowest BCUT2D eigenvalue weighted by molar-refractivity contribution is -0.122. The number of ether oxygens (including phenoxy) is 2. The Hall–Kier alpha value is -2.86. The van der Waals surface area contributed by atoms with Gasteiger partial charge in [0.25, 0.3) is 11.8 Å². The van der Waals surface area contributed by atoms with Crippen LogP contribution in [0.2, 0.25) is 0 Å². The SMILES string of the molecule is Cc1ccccc1O[C@@H](C)C(=O)Nc1ccccc1C(=O)NC[C@H]1CCCO1. The van der Waals surface area contributed by atoms with Gasteiger partial charge in [0.1, 0.15) is 5.75 Å². The number of hydrogen-bond donors (Lipinski definition) is 2. The number of para-hydroxylation sites is 2. The zero-order valence-corrected chi connectivity index (χ0v) is 16.2. The summed E-state index contributed by atoms with van der Waals surface area (Å²) < 4.78 is 11.3. The third kappa shape index (κ3) is 5.10. The average molecular weight is 382 g/mol. The summed E-state index contributed by atoms with van der Waals surface area (Å²) >= 11 is 0. The molecule has 0 bridgehead atoms. The minimum absolute atomic E-state index is 0.0632. The molecular formula is C22H26N2O4. The Morgan fingerprint density at radius 3 is 2.68 bits per heavy atom. The van der Waals surface area contributed by atoms with Crippen molar-refractivity contribution in [2.45, 2.75) is 38.9 Å². The van der Waals surface area contributed by atoms with Crippen LogP contribution < -0.4 is 15.4 Å². The summed E-state index contributed by atoms with van der Waals surface area (Å²) in [5.41, 5.74) is 1.82. The molecule has 0 spiro atoms. The summed E-state index contributed by atoms with van der Waals surface area (Å²) in [6.45, 7) is 4.81. The van der Waals surface area contributed by atoms with Crippen LogP contribution >= 0.6 is 0 Å². The second-order valence-electron chi connectivity index (χ2n) is 6.91. The highest BCUT2D eigenvalue weighted by Crippen LogP contribution is 2.20. The van der Waals surface area contributed by atoms with Crippen LogP contribution in [0.25, 0.3) is 0 Å². The van der Waals surface area contributed by atoms with Gasteiger partial charge in [0, 0.05) is 13.2 Å². The van der Waals surface area contributed by atoms with Gasteiger partial charge in [0.05, 0.1) is 17.4 Å². The molecule has 0 aliphatic carbocycles. The maximum atomic E-state index is 12.6. The van der Waals surface area contributed by atoms with Gasteiger partial charge in [-0.15, -0.1) is 0 Å². The van der Waals surface area contributed by atoms with E-state index in [0.717, 1.165) is 25.0 Å². The van der Waals surface area contributed by atoms with Crippen molar-refractivity contribution in [3.05, 3.63) is 59.7 Å². The van der Waals surface area contributed by atoms with Crippen molar-refractivity contribution in [1.82, 2.24) is 5.32 Å². The molecule has 1 fully saturated rings. The van der Waals surface area contributed by atoms with E-state index in [2.05, 4.69) is 10.6 Å². The Bertz CT molecular complexity index is 831. The molecule has 2 aromatic carbocycles. The van der Waals surface area contributed by atoms with E-state index >= 15 is 0 Å². The van der Waals surface area contributed by atoms with Crippen molar-refractivity contribution in [3.8, 4) is 5.75 Å². The van der Waals surface area contributed by atoms with Gasteiger partial charge in [-0.25, -0.2) is 0 Å². The maximum Gasteiger partial charge on any atom is 0.265 e. The Balaban J connectivity index is 1.62. The second kappa shape index (κ2) is 9.37. The molecular weight excluding hydrogens is 356 g/mol. The smallest absolute Gasteiger partial charge is 0.265 e. The Kier molecular flexibility index (Phi) is 6.66. The predicted octanol–water partition coefficient (Wildman–Crippen LogP) is 3.31. The topological polar surface area (TPSA) is 76.7 Å². The van der Waals surface area contributed by atoms with Crippen molar-refractivity contribution in [2.75, 3.05) is 18.5 Å². The molecule has 2 amide bonds. The highest BCUT2D eigenvalue weighted by atomic mass is 16.5. The van der Waals surface area contributed by atoms with Crippen molar-refractivity contribution in [3.63, 3.8) is 0 Å². The number of benzene rings is 2. The summed E-state index contributed by atoms with van der Waals surface area (Å²) in [7, 11) is 0. The molecule has 0 unspecified atom stereocenters. The Morgan fingerprint density at radius 1 is 1.18 bits per heavy atom. The minimum atomic E-state index is -0.705. The van der Waals surface area contributed by atoms with E-state index in [-0.39, 0.29) is 17.9 Å². The molecule has 6 nitrogen and oxygen atoms in total. The van der Waals surface area contributed by atoms with E-state index in [1.807, 2.05) is 31.2 Å². The van der Waals surface area contributed by atoms with Gasteiger partial charge in [-0.05, 0) is 50.5 Å². The molecule has 28 heavy (non-hydrogen) atoms. The van der Waals surface area contributed by atoms with Gasteiger partial charge < -0.3 is 20.1 Å². The fraction of sp³-hybridized carbons (Fsp3) is 0.364. The van der Waals surface area contributed by atoms with Gasteiger partial charge in [0.2, 0.25) is 0 Å². The van der Waals surface area contributed by atoms with E-state index in [0.29, 0.717) is 23.5 Å². The molecule has 1 aliphatic rings. The average Bonchev–Trinajstić information content (AvgIpc) is 3.22. The molecule has 2 atom stereocenters. The van der Waals surface area contributed by atoms with E-state index in [1.165, 1.54) is 0 Å². The van der Waals surface area contributed by atoms with Crippen LogP contribution in [0, 0.1) is 6.92 Å². The third-order valence-electron chi connectivity index (χ3n) is 4.71. The second-order valence-corrected chi connectivity index (χ2v) is 6.91. The Morgan fingerprint density at radius 2 is 1.93 bits per heavy atom. The minimum Gasteiger partial charge on any atom is -0.481 e. The first-order valence-electron chi connectivity index (χ1n) is 9.56. The van der Waals surface area contributed by atoms with Crippen molar-refractivity contribution in [1.29, 1.82) is 0 Å². The third-order valence-corrected chi connectivity index (χ3v) is 4.71. The Labute approximate surface area is 165 Å². The molecule has 2 N–H and O–H groups in total. The first-order valence-corrected chi connectivity index (χ1v) is 9.56. The first-order chi connectivity index (χ1) is 13.5.